The Morgan fingerprint density at radius 3 is 2.76 bits per heavy atom. The third-order valence-electron chi connectivity index (χ3n) is 6.42. The number of nitrogens with zero attached hydrogens (tertiary/aromatic N) is 4. The van der Waals surface area contributed by atoms with Gasteiger partial charge < -0.3 is 19.9 Å². The van der Waals surface area contributed by atoms with Gasteiger partial charge >= 0.3 is 14.0 Å². The highest BCUT2D eigenvalue weighted by atomic mass is 35.5. The van der Waals surface area contributed by atoms with Crippen molar-refractivity contribution >= 4 is 54.2 Å². The Bertz CT molecular complexity index is 1470. The molecule has 5 heterocycles. The predicted molar refractivity (Wildman–Crippen MR) is 132 cm³/mol. The topological polar surface area (TPSA) is 159 Å². The molecule has 3 aliphatic heterocycles. The number of aromatic nitrogens is 4. The lowest BCUT2D eigenvalue weighted by atomic mass is 9.96. The van der Waals surface area contributed by atoms with Gasteiger partial charge in [-0.15, -0.1) is 0 Å². The first-order valence-electron chi connectivity index (χ1n) is 11.6. The number of anilines is 1. The van der Waals surface area contributed by atoms with Gasteiger partial charge in [0.25, 0.3) is 0 Å². The molecule has 6 atom stereocenters. The molecule has 6 rings (SSSR count). The van der Waals surface area contributed by atoms with Crippen LogP contribution in [-0.4, -0.2) is 56.2 Å². The zero-order valence-corrected chi connectivity index (χ0v) is 22.4. The summed E-state index contributed by atoms with van der Waals surface area (Å²) in [5.41, 5.74) is 6.44. The van der Waals surface area contributed by atoms with Gasteiger partial charge in [0.15, 0.2) is 29.9 Å². The number of benzene rings is 1. The van der Waals surface area contributed by atoms with Crippen LogP contribution in [0.25, 0.3) is 11.2 Å². The second-order valence-electron chi connectivity index (χ2n) is 9.63. The minimum Gasteiger partial charge on any atom is -0.424 e. The van der Waals surface area contributed by atoms with Crippen LogP contribution in [0, 0.1) is 0 Å². The molecule has 16 heteroatoms. The molecule has 0 radical (unpaired) electrons. The van der Waals surface area contributed by atoms with Crippen molar-refractivity contribution in [2.75, 3.05) is 12.3 Å². The van der Waals surface area contributed by atoms with E-state index in [9.17, 15) is 9.36 Å². The number of halogens is 2. The zero-order chi connectivity index (χ0) is 26.8. The van der Waals surface area contributed by atoms with Crippen LogP contribution in [0.5, 0.6) is 0 Å². The maximum Gasteiger partial charge on any atom is 0.509 e. The highest BCUT2D eigenvalue weighted by Crippen LogP contribution is 2.62. The van der Waals surface area contributed by atoms with E-state index in [0.29, 0.717) is 33.2 Å². The fourth-order valence-electron chi connectivity index (χ4n) is 4.75. The van der Waals surface area contributed by atoms with E-state index in [1.807, 2.05) is 0 Å². The number of carbonyl (C=O) groups is 1. The average Bonchev–Trinajstić information content (AvgIpc) is 3.52. The summed E-state index contributed by atoms with van der Waals surface area (Å²) in [5, 5.41) is 0.725. The molecule has 0 amide bonds. The Morgan fingerprint density at radius 1 is 1.18 bits per heavy atom. The smallest absolute Gasteiger partial charge is 0.424 e. The van der Waals surface area contributed by atoms with E-state index in [1.165, 1.54) is 12.7 Å². The van der Waals surface area contributed by atoms with Gasteiger partial charge in [-0.2, -0.15) is 0 Å². The van der Waals surface area contributed by atoms with Crippen LogP contribution in [0.15, 0.2) is 30.9 Å². The number of nitrogen functional groups attached to an aromatic ring is 1. The number of hydrogen-bond acceptors (Lipinski definition) is 12. The molecule has 3 aliphatic rings. The Balaban J connectivity index is 1.22. The Labute approximate surface area is 226 Å². The van der Waals surface area contributed by atoms with Crippen LogP contribution in [-0.2, 0) is 32.3 Å². The maximum absolute atomic E-state index is 13.7. The molecule has 3 aromatic rings. The molecule has 202 valence electrons. The average molecular weight is 586 g/mol. The molecule has 1 aromatic carbocycles. The molecule has 0 aliphatic carbocycles. The molecule has 38 heavy (non-hydrogen) atoms. The summed E-state index contributed by atoms with van der Waals surface area (Å²) >= 11 is 12.2. The molecule has 3 fully saturated rings. The molecule has 0 spiro atoms. The van der Waals surface area contributed by atoms with Crippen LogP contribution in [0.4, 0.5) is 10.6 Å². The molecule has 2 aromatic heterocycles. The van der Waals surface area contributed by atoms with E-state index in [-0.39, 0.29) is 12.4 Å². The zero-order valence-electron chi connectivity index (χ0n) is 20.0. The van der Waals surface area contributed by atoms with E-state index >= 15 is 0 Å². The van der Waals surface area contributed by atoms with Gasteiger partial charge in [-0.1, -0.05) is 29.3 Å². The van der Waals surface area contributed by atoms with Crippen LogP contribution in [0.3, 0.4) is 0 Å². The van der Waals surface area contributed by atoms with Crippen molar-refractivity contribution in [3.05, 3.63) is 46.5 Å². The van der Waals surface area contributed by atoms with Crippen LogP contribution >= 0.6 is 31.0 Å². The second kappa shape index (κ2) is 9.30. The third kappa shape index (κ3) is 4.62. The number of rotatable bonds is 5. The number of ether oxygens (including phenoxy) is 3. The monoisotopic (exact) mass is 585 g/mol. The van der Waals surface area contributed by atoms with Gasteiger partial charge in [0.05, 0.1) is 34.7 Å². The van der Waals surface area contributed by atoms with Crippen molar-refractivity contribution in [1.29, 1.82) is 0 Å². The molecule has 13 nitrogen and oxygen atoms in total. The number of phosphoric ester groups is 1. The van der Waals surface area contributed by atoms with Crippen molar-refractivity contribution < 1.29 is 37.1 Å². The number of hydrogen-bond donors (Lipinski definition) is 1. The number of fused-ring (bicyclic) bond motifs is 2. The van der Waals surface area contributed by atoms with Crippen molar-refractivity contribution in [1.82, 2.24) is 19.5 Å². The highest BCUT2D eigenvalue weighted by Gasteiger charge is 2.56. The normalized spacial score (nSPS) is 32.2. The largest absolute Gasteiger partial charge is 0.509 e. The van der Waals surface area contributed by atoms with Gasteiger partial charge in [0.2, 0.25) is 0 Å². The van der Waals surface area contributed by atoms with Crippen molar-refractivity contribution in [3.63, 3.8) is 0 Å². The minimum absolute atomic E-state index is 0.187. The number of carbonyl (C=O) groups excluding carboxylic acids is 1. The Morgan fingerprint density at radius 2 is 1.97 bits per heavy atom. The summed E-state index contributed by atoms with van der Waals surface area (Å²) in [7, 11) is -4.11. The number of nitrogens with two attached hydrogens (primary N) is 1. The summed E-state index contributed by atoms with van der Waals surface area (Å²) in [6, 6.07) is 5.02. The first-order valence-corrected chi connectivity index (χ1v) is 13.8. The maximum atomic E-state index is 13.7. The van der Waals surface area contributed by atoms with Crippen molar-refractivity contribution in [2.24, 2.45) is 0 Å². The first kappa shape index (κ1) is 25.8. The standard InChI is InChI=1S/C22H22Cl2N5O8P/c1-22(2)6-13(10-3-4-11(23)12(24)5-10)36-38(31,37-22)32-7-14-16-17(35-21(30)34-16)20(33-14)29-9-28-15-18(25)26-8-27-19(15)29/h3-5,8-9,13-14,16-17,20H,6-7H2,1-2H3,(H2,25,26,27)/t13-,14+,16+,17+,20+,38?/m0/s1. The third-order valence-corrected chi connectivity index (χ3v) is 8.85. The van der Waals surface area contributed by atoms with Gasteiger partial charge in [-0.05, 0) is 31.5 Å². The quantitative estimate of drug-likeness (QED) is 0.328. The highest BCUT2D eigenvalue weighted by molar-refractivity contribution is 7.48. The van der Waals surface area contributed by atoms with E-state index < -0.39 is 50.2 Å². The van der Waals surface area contributed by atoms with Gasteiger partial charge in [0, 0.05) is 6.42 Å². The number of phosphoric acid groups is 1. The van der Waals surface area contributed by atoms with Crippen LogP contribution in [0.1, 0.15) is 38.2 Å². The molecular weight excluding hydrogens is 564 g/mol. The SMILES string of the molecule is CC1(C)C[C@@H](c2ccc(Cl)c(Cl)c2)OP(=O)(OC[C@H]2O[C@@H](n3cnc4c(N)ncnc43)[C@@H]3OC(=O)O[C@@H]32)O1. The second-order valence-corrected chi connectivity index (χ2v) is 12.0. The van der Waals surface area contributed by atoms with E-state index in [0.717, 1.165) is 0 Å². The fraction of sp³-hybridized carbons (Fsp3) is 0.455. The van der Waals surface area contributed by atoms with E-state index in [4.69, 9.17) is 56.7 Å². The fourth-order valence-corrected chi connectivity index (χ4v) is 6.73. The summed E-state index contributed by atoms with van der Waals surface area (Å²) in [4.78, 5) is 24.4. The van der Waals surface area contributed by atoms with Crippen LogP contribution in [0.2, 0.25) is 10.0 Å². The predicted octanol–water partition coefficient (Wildman–Crippen LogP) is 4.60. The summed E-state index contributed by atoms with van der Waals surface area (Å²) in [6.07, 6.45) is -1.84. The minimum atomic E-state index is -4.11. The Hall–Kier alpha value is -2.51. The molecule has 2 N–H and O–H groups in total. The lowest BCUT2D eigenvalue weighted by Gasteiger charge is -2.39. The summed E-state index contributed by atoms with van der Waals surface area (Å²) in [6.45, 7) is 3.26. The van der Waals surface area contributed by atoms with Gasteiger partial charge in [0.1, 0.15) is 17.9 Å². The van der Waals surface area contributed by atoms with Crippen molar-refractivity contribution in [3.8, 4) is 0 Å². The lowest BCUT2D eigenvalue weighted by Crippen LogP contribution is -2.35. The number of imidazole rings is 1. The molecule has 1 unspecified atom stereocenters. The molecule has 0 bridgehead atoms. The van der Waals surface area contributed by atoms with Gasteiger partial charge in [-0.25, -0.2) is 24.3 Å². The van der Waals surface area contributed by atoms with E-state index in [2.05, 4.69) is 15.0 Å². The summed E-state index contributed by atoms with van der Waals surface area (Å²) < 4.78 is 49.3. The lowest BCUT2D eigenvalue weighted by molar-refractivity contribution is -0.0879. The van der Waals surface area contributed by atoms with Crippen LogP contribution < -0.4 is 5.73 Å². The van der Waals surface area contributed by atoms with Crippen molar-refractivity contribution in [2.45, 2.75) is 56.5 Å². The molecular formula is C22H22Cl2N5O8P. The molecule has 3 saturated heterocycles. The van der Waals surface area contributed by atoms with Gasteiger partial charge in [-0.3, -0.25) is 18.1 Å². The first-order chi connectivity index (χ1) is 18.0. The molecule has 0 saturated carbocycles. The summed E-state index contributed by atoms with van der Waals surface area (Å²) in [5.74, 6) is 0.187. The Kier molecular flexibility index (Phi) is 6.30. The van der Waals surface area contributed by atoms with E-state index in [1.54, 1.807) is 36.6 Å².